The van der Waals surface area contributed by atoms with Crippen LogP contribution in [0.1, 0.15) is 30.0 Å². The first-order chi connectivity index (χ1) is 17.5. The van der Waals surface area contributed by atoms with Crippen LogP contribution >= 0.6 is 0 Å². The molecule has 2 aromatic carbocycles. The summed E-state index contributed by atoms with van der Waals surface area (Å²) in [5, 5.41) is 12.3. The Hall–Kier alpha value is -4.01. The molecule has 1 saturated heterocycles. The van der Waals surface area contributed by atoms with E-state index in [1.54, 1.807) is 12.3 Å². The van der Waals surface area contributed by atoms with Crippen LogP contribution in [0.3, 0.4) is 0 Å². The van der Waals surface area contributed by atoms with Crippen molar-refractivity contribution in [3.63, 3.8) is 0 Å². The minimum Gasteiger partial charge on any atom is -0.373 e. The molecule has 1 fully saturated rings. The lowest BCUT2D eigenvalue weighted by atomic mass is 9.99. The molecule has 1 amide bonds. The number of benzene rings is 2. The van der Waals surface area contributed by atoms with Crippen molar-refractivity contribution in [3.8, 4) is 11.1 Å². The number of H-pyrrole nitrogens is 2. The van der Waals surface area contributed by atoms with Gasteiger partial charge in [-0.05, 0) is 61.4 Å². The Bertz CT molecular complexity index is 1540. The number of morpholine rings is 1. The number of aromatic nitrogens is 4. The molecular weight excluding hydrogens is 452 g/mol. The van der Waals surface area contributed by atoms with Crippen molar-refractivity contribution in [1.29, 1.82) is 0 Å². The number of anilines is 1. The summed E-state index contributed by atoms with van der Waals surface area (Å²) in [5.74, 6) is -0.250. The molecule has 0 radical (unpaired) electrons. The molecule has 0 aliphatic carbocycles. The van der Waals surface area contributed by atoms with E-state index in [1.807, 2.05) is 36.5 Å². The van der Waals surface area contributed by atoms with Crippen LogP contribution in [0.5, 0.6) is 0 Å². The van der Waals surface area contributed by atoms with Gasteiger partial charge >= 0.3 is 0 Å². The Kier molecular flexibility index (Phi) is 5.75. The van der Waals surface area contributed by atoms with Crippen molar-refractivity contribution < 1.29 is 9.53 Å². The molecule has 5 aromatic rings. The van der Waals surface area contributed by atoms with Gasteiger partial charge in [0.25, 0.3) is 5.91 Å². The van der Waals surface area contributed by atoms with Crippen molar-refractivity contribution in [2.24, 2.45) is 0 Å². The molecule has 1 aliphatic rings. The maximum atomic E-state index is 13.3. The van der Waals surface area contributed by atoms with E-state index in [4.69, 9.17) is 4.74 Å². The second-order valence-corrected chi connectivity index (χ2v) is 9.52. The first-order valence-electron chi connectivity index (χ1n) is 12.2. The highest BCUT2D eigenvalue weighted by molar-refractivity contribution is 6.09. The molecule has 3 aromatic heterocycles. The number of fused-ring (bicyclic) bond motifs is 2. The van der Waals surface area contributed by atoms with Crippen LogP contribution < -0.4 is 5.32 Å². The predicted molar refractivity (Wildman–Crippen MR) is 141 cm³/mol. The van der Waals surface area contributed by atoms with Gasteiger partial charge in [-0.25, -0.2) is 4.98 Å². The molecule has 1 aliphatic heterocycles. The van der Waals surface area contributed by atoms with Crippen molar-refractivity contribution in [2.45, 2.75) is 32.6 Å². The third kappa shape index (κ3) is 4.36. The smallest absolute Gasteiger partial charge is 0.274 e. The second-order valence-electron chi connectivity index (χ2n) is 9.52. The maximum absolute atomic E-state index is 13.3. The molecule has 4 heterocycles. The summed E-state index contributed by atoms with van der Waals surface area (Å²) in [6.07, 6.45) is 4.03. The maximum Gasteiger partial charge on any atom is 0.274 e. The third-order valence-electron chi connectivity index (χ3n) is 6.63. The van der Waals surface area contributed by atoms with E-state index in [2.05, 4.69) is 62.4 Å². The van der Waals surface area contributed by atoms with Crippen LogP contribution in [0.25, 0.3) is 32.9 Å². The lowest BCUT2D eigenvalue weighted by Crippen LogP contribution is -2.45. The summed E-state index contributed by atoms with van der Waals surface area (Å²) < 4.78 is 5.84. The van der Waals surface area contributed by atoms with Crippen molar-refractivity contribution >= 4 is 33.4 Å². The summed E-state index contributed by atoms with van der Waals surface area (Å²) in [6, 6.07) is 17.9. The van der Waals surface area contributed by atoms with Crippen molar-refractivity contribution in [3.05, 3.63) is 78.4 Å². The lowest BCUT2D eigenvalue weighted by molar-refractivity contribution is -0.0707. The van der Waals surface area contributed by atoms with Crippen molar-refractivity contribution in [2.75, 3.05) is 18.4 Å². The fourth-order valence-corrected chi connectivity index (χ4v) is 5.17. The minimum atomic E-state index is -0.250. The molecule has 0 spiro atoms. The van der Waals surface area contributed by atoms with E-state index in [1.165, 1.54) is 0 Å². The summed E-state index contributed by atoms with van der Waals surface area (Å²) in [5.41, 5.74) is 5.93. The normalized spacial score (nSPS) is 18.6. The SMILES string of the molecule is C[C@@H]1CN(Cc2cccc(C(=O)Nc3cc(-c4cccc5[nH]ccc45)cc4[nH]ncc34)n2)C[C@H](C)O1. The lowest BCUT2D eigenvalue weighted by Gasteiger charge is -2.35. The average molecular weight is 481 g/mol. The topological polar surface area (TPSA) is 98.9 Å². The van der Waals surface area contributed by atoms with Gasteiger partial charge in [0.2, 0.25) is 0 Å². The molecular formula is C28H28N6O2. The van der Waals surface area contributed by atoms with Gasteiger partial charge in [0, 0.05) is 42.1 Å². The summed E-state index contributed by atoms with van der Waals surface area (Å²) in [7, 11) is 0. The van der Waals surface area contributed by atoms with E-state index >= 15 is 0 Å². The fraction of sp³-hybridized carbons (Fsp3) is 0.250. The molecule has 8 heteroatoms. The Labute approximate surface area is 208 Å². The van der Waals surface area contributed by atoms with Crippen LogP contribution in [0, 0.1) is 0 Å². The molecule has 3 N–H and O–H groups in total. The van der Waals surface area contributed by atoms with Gasteiger partial charge in [0.15, 0.2) is 0 Å². The number of aromatic amines is 2. The average Bonchev–Trinajstić information content (AvgIpc) is 3.53. The van der Waals surface area contributed by atoms with E-state index in [9.17, 15) is 4.79 Å². The quantitative estimate of drug-likeness (QED) is 0.330. The molecule has 0 saturated carbocycles. The van der Waals surface area contributed by atoms with Crippen LogP contribution in [0.15, 0.2) is 67.0 Å². The van der Waals surface area contributed by atoms with E-state index in [-0.39, 0.29) is 18.1 Å². The highest BCUT2D eigenvalue weighted by atomic mass is 16.5. The molecule has 0 bridgehead atoms. The van der Waals surface area contributed by atoms with Gasteiger partial charge in [0.1, 0.15) is 5.69 Å². The zero-order valence-corrected chi connectivity index (χ0v) is 20.3. The fourth-order valence-electron chi connectivity index (χ4n) is 5.17. The number of ether oxygens (including phenoxy) is 1. The molecule has 0 unspecified atom stereocenters. The van der Waals surface area contributed by atoms with Gasteiger partial charge in [-0.2, -0.15) is 5.10 Å². The van der Waals surface area contributed by atoms with Crippen LogP contribution in [0.4, 0.5) is 5.69 Å². The molecule has 36 heavy (non-hydrogen) atoms. The zero-order chi connectivity index (χ0) is 24.6. The summed E-state index contributed by atoms with van der Waals surface area (Å²) in [4.78, 5) is 23.6. The Morgan fingerprint density at radius 3 is 2.75 bits per heavy atom. The second kappa shape index (κ2) is 9.22. The van der Waals surface area contributed by atoms with Gasteiger partial charge in [-0.15, -0.1) is 0 Å². The van der Waals surface area contributed by atoms with Gasteiger partial charge in [-0.1, -0.05) is 18.2 Å². The number of carbonyl (C=O) groups is 1. The monoisotopic (exact) mass is 480 g/mol. The van der Waals surface area contributed by atoms with E-state index in [0.717, 1.165) is 51.7 Å². The molecule has 182 valence electrons. The Morgan fingerprint density at radius 2 is 1.89 bits per heavy atom. The van der Waals surface area contributed by atoms with Gasteiger partial charge < -0.3 is 15.0 Å². The molecule has 2 atom stereocenters. The van der Waals surface area contributed by atoms with Gasteiger partial charge in [0.05, 0.1) is 35.3 Å². The first-order valence-corrected chi connectivity index (χ1v) is 12.2. The summed E-state index contributed by atoms with van der Waals surface area (Å²) in [6.45, 7) is 6.55. The number of rotatable bonds is 5. The van der Waals surface area contributed by atoms with Crippen molar-refractivity contribution in [1.82, 2.24) is 25.1 Å². The molecule has 8 nitrogen and oxygen atoms in total. The van der Waals surface area contributed by atoms with Crippen LogP contribution in [-0.2, 0) is 11.3 Å². The number of pyridine rings is 1. The number of nitrogens with zero attached hydrogens (tertiary/aromatic N) is 3. The van der Waals surface area contributed by atoms with Crippen LogP contribution in [-0.4, -0.2) is 56.3 Å². The zero-order valence-electron chi connectivity index (χ0n) is 20.3. The Morgan fingerprint density at radius 1 is 1.06 bits per heavy atom. The minimum absolute atomic E-state index is 0.182. The highest BCUT2D eigenvalue weighted by Crippen LogP contribution is 2.34. The predicted octanol–water partition coefficient (Wildman–Crippen LogP) is 4.97. The standard InChI is InChI=1S/C28H28N6O2/c1-17-14-34(15-18(2)36-17)16-20-5-3-8-25(31-20)28(35)32-26-11-19(12-27-23(26)13-30-33-27)21-6-4-7-24-22(21)9-10-29-24/h3-13,17-18,29H,14-16H2,1-2H3,(H,30,33)(H,32,35)/t17-,18+. The first kappa shape index (κ1) is 22.5. The Balaban J connectivity index is 1.28. The molecule has 6 rings (SSSR count). The highest BCUT2D eigenvalue weighted by Gasteiger charge is 2.23. The van der Waals surface area contributed by atoms with Gasteiger partial charge in [-0.3, -0.25) is 14.8 Å². The summed E-state index contributed by atoms with van der Waals surface area (Å²) >= 11 is 0. The number of amides is 1. The van der Waals surface area contributed by atoms with E-state index in [0.29, 0.717) is 17.9 Å². The number of nitrogens with one attached hydrogen (secondary N) is 3. The third-order valence-corrected chi connectivity index (χ3v) is 6.63. The number of carbonyl (C=O) groups excluding carboxylic acids is 1. The number of hydrogen-bond acceptors (Lipinski definition) is 5. The largest absolute Gasteiger partial charge is 0.373 e. The van der Waals surface area contributed by atoms with E-state index < -0.39 is 0 Å². The van der Waals surface area contributed by atoms with Crippen LogP contribution in [0.2, 0.25) is 0 Å². The number of hydrogen-bond donors (Lipinski definition) is 3.